The van der Waals surface area contributed by atoms with Gasteiger partial charge in [-0.3, -0.25) is 9.59 Å². The summed E-state index contributed by atoms with van der Waals surface area (Å²) in [6.07, 6.45) is 1.17. The van der Waals surface area contributed by atoms with Gasteiger partial charge in [-0.05, 0) is 49.6 Å². The number of benzene rings is 2. The van der Waals surface area contributed by atoms with Crippen LogP contribution in [0.5, 0.6) is 5.75 Å². The van der Waals surface area contributed by atoms with Crippen molar-refractivity contribution in [1.82, 2.24) is 4.90 Å². The van der Waals surface area contributed by atoms with Crippen LogP contribution < -0.4 is 10.1 Å². The summed E-state index contributed by atoms with van der Waals surface area (Å²) >= 11 is 0. The average molecular weight is 352 g/mol. The molecule has 136 valence electrons. The zero-order chi connectivity index (χ0) is 18.7. The van der Waals surface area contributed by atoms with E-state index < -0.39 is 0 Å². The number of nitrogens with zero attached hydrogens (tertiary/aromatic N) is 1. The Bertz CT molecular complexity index is 815. The number of ether oxygens (including phenoxy) is 1. The molecule has 3 rings (SSSR count). The molecule has 0 aromatic heterocycles. The number of likely N-dealkylation sites (N-methyl/N-ethyl adjacent to an activating group) is 1. The molecule has 0 spiro atoms. The normalized spacial score (nSPS) is 14.2. The number of anilines is 1. The standard InChI is InChI=1S/C21H24N2O3/c1-14-4-6-16(7-5-14)15(2)23(3)21(25)13-26-18-9-10-19-17(12-18)8-11-20(24)22-19/h4-7,9-10,12,15H,8,11,13H2,1-3H3,(H,22,24). The fourth-order valence-electron chi connectivity index (χ4n) is 2.98. The maximum absolute atomic E-state index is 12.5. The Kier molecular flexibility index (Phi) is 5.26. The molecule has 0 radical (unpaired) electrons. The van der Waals surface area contributed by atoms with Crippen molar-refractivity contribution in [3.05, 3.63) is 59.2 Å². The lowest BCUT2D eigenvalue weighted by atomic mass is 10.0. The highest BCUT2D eigenvalue weighted by Crippen LogP contribution is 2.27. The van der Waals surface area contributed by atoms with E-state index in [0.717, 1.165) is 16.8 Å². The molecule has 1 aliphatic rings. The number of nitrogens with one attached hydrogen (secondary N) is 1. The minimum Gasteiger partial charge on any atom is -0.484 e. The van der Waals surface area contributed by atoms with Crippen molar-refractivity contribution in [2.24, 2.45) is 0 Å². The van der Waals surface area contributed by atoms with Crippen molar-refractivity contribution in [3.8, 4) is 5.75 Å². The number of hydrogen-bond donors (Lipinski definition) is 1. The first-order valence-corrected chi connectivity index (χ1v) is 8.82. The smallest absolute Gasteiger partial charge is 0.260 e. The SMILES string of the molecule is Cc1ccc(C(C)N(C)C(=O)COc2ccc3c(c2)CCC(=O)N3)cc1. The number of amides is 2. The van der Waals surface area contributed by atoms with Crippen molar-refractivity contribution in [2.75, 3.05) is 19.0 Å². The largest absolute Gasteiger partial charge is 0.484 e. The second kappa shape index (κ2) is 7.60. The zero-order valence-electron chi connectivity index (χ0n) is 15.4. The molecule has 2 aromatic rings. The van der Waals surface area contributed by atoms with Gasteiger partial charge >= 0.3 is 0 Å². The van der Waals surface area contributed by atoms with Gasteiger partial charge in [-0.25, -0.2) is 0 Å². The third kappa shape index (κ3) is 4.04. The fourth-order valence-corrected chi connectivity index (χ4v) is 2.98. The third-order valence-electron chi connectivity index (χ3n) is 4.87. The fraction of sp³-hybridized carbons (Fsp3) is 0.333. The molecule has 5 heteroatoms. The summed E-state index contributed by atoms with van der Waals surface area (Å²) in [7, 11) is 1.79. The summed E-state index contributed by atoms with van der Waals surface area (Å²) in [5.41, 5.74) is 4.15. The van der Waals surface area contributed by atoms with Gasteiger partial charge < -0.3 is 15.0 Å². The van der Waals surface area contributed by atoms with Crippen LogP contribution in [0.25, 0.3) is 0 Å². The molecule has 1 N–H and O–H groups in total. The lowest BCUT2D eigenvalue weighted by molar-refractivity contribution is -0.134. The summed E-state index contributed by atoms with van der Waals surface area (Å²) in [5, 5.41) is 2.84. The van der Waals surface area contributed by atoms with Crippen molar-refractivity contribution < 1.29 is 14.3 Å². The first-order chi connectivity index (χ1) is 12.4. The molecule has 0 saturated carbocycles. The number of carbonyl (C=O) groups excluding carboxylic acids is 2. The van der Waals surface area contributed by atoms with Crippen LogP contribution >= 0.6 is 0 Å². The van der Waals surface area contributed by atoms with E-state index in [-0.39, 0.29) is 24.5 Å². The number of hydrogen-bond acceptors (Lipinski definition) is 3. The highest BCUT2D eigenvalue weighted by atomic mass is 16.5. The van der Waals surface area contributed by atoms with Crippen LogP contribution in [0.15, 0.2) is 42.5 Å². The van der Waals surface area contributed by atoms with Gasteiger partial charge in [0.05, 0.1) is 6.04 Å². The molecule has 5 nitrogen and oxygen atoms in total. The van der Waals surface area contributed by atoms with E-state index in [1.54, 1.807) is 18.0 Å². The maximum atomic E-state index is 12.5. The highest BCUT2D eigenvalue weighted by molar-refractivity contribution is 5.94. The van der Waals surface area contributed by atoms with Crippen LogP contribution in [0.3, 0.4) is 0 Å². The average Bonchev–Trinajstić information content (AvgIpc) is 2.65. The van der Waals surface area contributed by atoms with E-state index in [0.29, 0.717) is 18.6 Å². The second-order valence-electron chi connectivity index (χ2n) is 6.75. The Hall–Kier alpha value is -2.82. The highest BCUT2D eigenvalue weighted by Gasteiger charge is 2.19. The van der Waals surface area contributed by atoms with Crippen LogP contribution in [-0.4, -0.2) is 30.4 Å². The molecule has 1 aliphatic heterocycles. The van der Waals surface area contributed by atoms with Crippen molar-refractivity contribution in [1.29, 1.82) is 0 Å². The van der Waals surface area contributed by atoms with E-state index in [4.69, 9.17) is 4.74 Å². The molecule has 26 heavy (non-hydrogen) atoms. The van der Waals surface area contributed by atoms with Crippen LogP contribution in [0, 0.1) is 6.92 Å². The molecule has 2 amide bonds. The van der Waals surface area contributed by atoms with Crippen LogP contribution in [0.2, 0.25) is 0 Å². The molecule has 1 heterocycles. The third-order valence-corrected chi connectivity index (χ3v) is 4.87. The summed E-state index contributed by atoms with van der Waals surface area (Å²) in [6.45, 7) is 4.03. The Labute approximate surface area is 154 Å². The Morgan fingerprint density at radius 2 is 1.92 bits per heavy atom. The summed E-state index contributed by atoms with van der Waals surface area (Å²) in [6, 6.07) is 13.7. The number of fused-ring (bicyclic) bond motifs is 1. The topological polar surface area (TPSA) is 58.6 Å². The van der Waals surface area contributed by atoms with Crippen LogP contribution in [0.1, 0.15) is 36.1 Å². The quantitative estimate of drug-likeness (QED) is 0.896. The van der Waals surface area contributed by atoms with E-state index >= 15 is 0 Å². The zero-order valence-corrected chi connectivity index (χ0v) is 15.4. The maximum Gasteiger partial charge on any atom is 0.260 e. The molecule has 0 aliphatic carbocycles. The number of aryl methyl sites for hydroxylation is 2. The van der Waals surface area contributed by atoms with Crippen molar-refractivity contribution >= 4 is 17.5 Å². The molecule has 0 bridgehead atoms. The van der Waals surface area contributed by atoms with E-state index in [1.165, 1.54) is 5.56 Å². The van der Waals surface area contributed by atoms with E-state index in [1.807, 2.05) is 50.2 Å². The van der Waals surface area contributed by atoms with Gasteiger partial charge in [0, 0.05) is 19.2 Å². The van der Waals surface area contributed by atoms with Gasteiger partial charge in [-0.2, -0.15) is 0 Å². The Morgan fingerprint density at radius 3 is 2.65 bits per heavy atom. The molecular formula is C21H24N2O3. The van der Waals surface area contributed by atoms with E-state index in [9.17, 15) is 9.59 Å². The summed E-state index contributed by atoms with van der Waals surface area (Å²) in [5.74, 6) is 0.599. The van der Waals surface area contributed by atoms with Gasteiger partial charge in [-0.1, -0.05) is 29.8 Å². The number of carbonyl (C=O) groups is 2. The van der Waals surface area contributed by atoms with Gasteiger partial charge in [0.15, 0.2) is 6.61 Å². The summed E-state index contributed by atoms with van der Waals surface area (Å²) < 4.78 is 5.68. The number of rotatable bonds is 5. The second-order valence-corrected chi connectivity index (χ2v) is 6.75. The van der Waals surface area contributed by atoms with Gasteiger partial charge in [0.1, 0.15) is 5.75 Å². The first-order valence-electron chi connectivity index (χ1n) is 8.82. The lowest BCUT2D eigenvalue weighted by Crippen LogP contribution is -2.33. The minimum atomic E-state index is -0.0795. The van der Waals surface area contributed by atoms with Gasteiger partial charge in [0.2, 0.25) is 5.91 Å². The van der Waals surface area contributed by atoms with Gasteiger partial charge in [-0.15, -0.1) is 0 Å². The Morgan fingerprint density at radius 1 is 1.19 bits per heavy atom. The predicted molar refractivity (Wildman–Crippen MR) is 101 cm³/mol. The Balaban J connectivity index is 1.59. The predicted octanol–water partition coefficient (Wildman–Crippen LogP) is 3.48. The molecule has 0 saturated heterocycles. The molecule has 1 atom stereocenters. The summed E-state index contributed by atoms with van der Waals surface area (Å²) in [4.78, 5) is 25.6. The van der Waals surface area contributed by atoms with Crippen LogP contribution in [0.4, 0.5) is 5.69 Å². The molecule has 0 fully saturated rings. The van der Waals surface area contributed by atoms with Crippen molar-refractivity contribution in [2.45, 2.75) is 32.7 Å². The molecular weight excluding hydrogens is 328 g/mol. The molecule has 2 aromatic carbocycles. The van der Waals surface area contributed by atoms with Crippen LogP contribution in [-0.2, 0) is 16.0 Å². The van der Waals surface area contributed by atoms with Crippen molar-refractivity contribution in [3.63, 3.8) is 0 Å². The monoisotopic (exact) mass is 352 g/mol. The van der Waals surface area contributed by atoms with Gasteiger partial charge in [0.25, 0.3) is 5.91 Å². The lowest BCUT2D eigenvalue weighted by Gasteiger charge is -2.25. The van der Waals surface area contributed by atoms with E-state index in [2.05, 4.69) is 5.32 Å². The minimum absolute atomic E-state index is 0.0160. The molecule has 1 unspecified atom stereocenters. The first kappa shape index (κ1) is 18.0.